The molecule has 1 aromatic rings. The van der Waals surface area contributed by atoms with Crippen molar-refractivity contribution in [2.24, 2.45) is 7.05 Å². The number of aromatic nitrogens is 2. The van der Waals surface area contributed by atoms with Gasteiger partial charge in [0.1, 0.15) is 6.54 Å². The van der Waals surface area contributed by atoms with Crippen LogP contribution in [0.15, 0.2) is 6.20 Å². The number of hydrogen-bond acceptors (Lipinski definition) is 4. The summed E-state index contributed by atoms with van der Waals surface area (Å²) in [6, 6.07) is -0.147. The van der Waals surface area contributed by atoms with Gasteiger partial charge in [-0.2, -0.15) is 5.10 Å². The predicted octanol–water partition coefficient (Wildman–Crippen LogP) is 0.656. The smallest absolute Gasteiger partial charge is 0.323 e. The summed E-state index contributed by atoms with van der Waals surface area (Å²) < 4.78 is 1.62. The van der Waals surface area contributed by atoms with Crippen LogP contribution in [0.25, 0.3) is 0 Å². The van der Waals surface area contributed by atoms with Gasteiger partial charge in [-0.15, -0.1) is 0 Å². The Labute approximate surface area is 141 Å². The van der Waals surface area contributed by atoms with E-state index in [0.717, 1.165) is 6.42 Å². The van der Waals surface area contributed by atoms with Crippen LogP contribution in [0.1, 0.15) is 42.2 Å². The summed E-state index contributed by atoms with van der Waals surface area (Å²) in [5.74, 6) is -1.33. The average molecular weight is 336 g/mol. The Balaban J connectivity index is 2.06. The molecule has 132 valence electrons. The van der Waals surface area contributed by atoms with E-state index in [1.165, 1.54) is 11.8 Å². The standard InChI is InChI=1S/C16H24N4O4/c1-11-14(9-18(3)17-11)16(24)19-7-4-5-13(6-8-19)20(12(2)21)10-15(22)23/h9,13H,4-8,10H2,1-3H3,(H,22,23). The van der Waals surface area contributed by atoms with Crippen LogP contribution in [0.4, 0.5) is 0 Å². The molecule has 8 heteroatoms. The molecule has 0 saturated carbocycles. The van der Waals surface area contributed by atoms with Gasteiger partial charge in [-0.05, 0) is 26.2 Å². The minimum absolute atomic E-state index is 0.0612. The predicted molar refractivity (Wildman–Crippen MR) is 86.5 cm³/mol. The number of carboxylic acids is 1. The number of hydrogen-bond donors (Lipinski definition) is 1. The molecule has 1 aliphatic rings. The summed E-state index contributed by atoms with van der Waals surface area (Å²) in [7, 11) is 1.78. The summed E-state index contributed by atoms with van der Waals surface area (Å²) in [5, 5.41) is 13.2. The molecular formula is C16H24N4O4. The van der Waals surface area contributed by atoms with Crippen molar-refractivity contribution in [3.63, 3.8) is 0 Å². The summed E-state index contributed by atoms with van der Waals surface area (Å²) in [6.07, 6.45) is 3.73. The highest BCUT2D eigenvalue weighted by Gasteiger charge is 2.28. The molecular weight excluding hydrogens is 312 g/mol. The first kappa shape index (κ1) is 18.0. The second-order valence-corrected chi connectivity index (χ2v) is 6.22. The number of likely N-dealkylation sites (tertiary alicyclic amines) is 1. The topological polar surface area (TPSA) is 95.7 Å². The van der Waals surface area contributed by atoms with Crippen LogP contribution in [0, 0.1) is 6.92 Å². The van der Waals surface area contributed by atoms with E-state index in [2.05, 4.69) is 5.10 Å². The van der Waals surface area contributed by atoms with Crippen molar-refractivity contribution in [1.82, 2.24) is 19.6 Å². The lowest BCUT2D eigenvalue weighted by Crippen LogP contribution is -2.43. The van der Waals surface area contributed by atoms with Crippen LogP contribution in [0.2, 0.25) is 0 Å². The number of nitrogens with zero attached hydrogens (tertiary/aromatic N) is 4. The Morgan fingerprint density at radius 3 is 2.58 bits per heavy atom. The van der Waals surface area contributed by atoms with Crippen LogP contribution in [0.3, 0.4) is 0 Å². The van der Waals surface area contributed by atoms with E-state index in [-0.39, 0.29) is 24.4 Å². The molecule has 24 heavy (non-hydrogen) atoms. The maximum absolute atomic E-state index is 12.7. The molecule has 0 radical (unpaired) electrons. The first-order chi connectivity index (χ1) is 11.3. The number of rotatable bonds is 4. The van der Waals surface area contributed by atoms with Gasteiger partial charge in [0.25, 0.3) is 5.91 Å². The summed E-state index contributed by atoms with van der Waals surface area (Å²) in [5.41, 5.74) is 1.28. The molecule has 0 bridgehead atoms. The second-order valence-electron chi connectivity index (χ2n) is 6.22. The Kier molecular flexibility index (Phi) is 5.58. The summed E-state index contributed by atoms with van der Waals surface area (Å²) >= 11 is 0. The lowest BCUT2D eigenvalue weighted by molar-refractivity contribution is -0.145. The molecule has 0 aromatic carbocycles. The van der Waals surface area contributed by atoms with Crippen LogP contribution < -0.4 is 0 Å². The van der Waals surface area contributed by atoms with Gasteiger partial charge in [-0.1, -0.05) is 0 Å². The molecule has 2 amide bonds. The van der Waals surface area contributed by atoms with Gasteiger partial charge in [0, 0.05) is 39.3 Å². The normalized spacial score (nSPS) is 18.1. The minimum atomic E-state index is -1.02. The molecule has 2 heterocycles. The molecule has 1 aromatic heterocycles. The lowest BCUT2D eigenvalue weighted by atomic mass is 10.1. The molecule has 1 fully saturated rings. The van der Waals surface area contributed by atoms with Gasteiger partial charge in [-0.25, -0.2) is 0 Å². The van der Waals surface area contributed by atoms with Gasteiger partial charge >= 0.3 is 5.97 Å². The van der Waals surface area contributed by atoms with E-state index >= 15 is 0 Å². The fourth-order valence-corrected chi connectivity index (χ4v) is 3.22. The van der Waals surface area contributed by atoms with Gasteiger partial charge in [0.2, 0.25) is 5.91 Å². The van der Waals surface area contributed by atoms with Crippen molar-refractivity contribution in [2.45, 2.75) is 39.2 Å². The third-order valence-corrected chi connectivity index (χ3v) is 4.38. The van der Waals surface area contributed by atoms with E-state index in [1.807, 2.05) is 0 Å². The molecule has 1 aliphatic heterocycles. The average Bonchev–Trinajstić information content (AvgIpc) is 2.71. The van der Waals surface area contributed by atoms with Gasteiger partial charge in [-0.3, -0.25) is 19.1 Å². The summed E-state index contributed by atoms with van der Waals surface area (Å²) in [4.78, 5) is 38.6. The minimum Gasteiger partial charge on any atom is -0.480 e. The zero-order valence-corrected chi connectivity index (χ0v) is 14.4. The van der Waals surface area contributed by atoms with Crippen molar-refractivity contribution in [1.29, 1.82) is 0 Å². The molecule has 0 spiro atoms. The van der Waals surface area contributed by atoms with Crippen LogP contribution >= 0.6 is 0 Å². The number of carboxylic acid groups (broad SMARTS) is 1. The highest BCUT2D eigenvalue weighted by molar-refractivity contribution is 5.95. The molecule has 1 saturated heterocycles. The Morgan fingerprint density at radius 1 is 1.33 bits per heavy atom. The number of carbonyl (C=O) groups is 3. The van der Waals surface area contributed by atoms with E-state index in [1.54, 1.807) is 29.7 Å². The number of aliphatic carboxylic acids is 1. The first-order valence-electron chi connectivity index (χ1n) is 8.08. The van der Waals surface area contributed by atoms with E-state index in [9.17, 15) is 14.4 Å². The Bertz CT molecular complexity index is 640. The fraction of sp³-hybridized carbons (Fsp3) is 0.625. The first-order valence-corrected chi connectivity index (χ1v) is 8.08. The van der Waals surface area contributed by atoms with Crippen molar-refractivity contribution in [3.05, 3.63) is 17.5 Å². The zero-order valence-electron chi connectivity index (χ0n) is 14.4. The third kappa shape index (κ3) is 4.12. The molecule has 2 rings (SSSR count). The van der Waals surface area contributed by atoms with Gasteiger partial charge in [0.15, 0.2) is 0 Å². The maximum Gasteiger partial charge on any atom is 0.323 e. The van der Waals surface area contributed by atoms with Crippen LogP contribution in [-0.4, -0.2) is 68.1 Å². The van der Waals surface area contributed by atoms with Crippen molar-refractivity contribution in [3.8, 4) is 0 Å². The zero-order chi connectivity index (χ0) is 17.9. The van der Waals surface area contributed by atoms with Crippen molar-refractivity contribution in [2.75, 3.05) is 19.6 Å². The van der Waals surface area contributed by atoms with Gasteiger partial charge < -0.3 is 14.9 Å². The van der Waals surface area contributed by atoms with Crippen LogP contribution in [0.5, 0.6) is 0 Å². The summed E-state index contributed by atoms with van der Waals surface area (Å²) in [6.45, 7) is 3.99. The fourth-order valence-electron chi connectivity index (χ4n) is 3.22. The van der Waals surface area contributed by atoms with Crippen molar-refractivity contribution < 1.29 is 19.5 Å². The second kappa shape index (κ2) is 7.46. The van der Waals surface area contributed by atoms with E-state index in [0.29, 0.717) is 37.2 Å². The van der Waals surface area contributed by atoms with E-state index in [4.69, 9.17) is 5.11 Å². The lowest BCUT2D eigenvalue weighted by Gasteiger charge is -2.28. The van der Waals surface area contributed by atoms with Crippen molar-refractivity contribution >= 4 is 17.8 Å². The van der Waals surface area contributed by atoms with Gasteiger partial charge in [0.05, 0.1) is 11.3 Å². The Hall–Kier alpha value is -2.38. The quantitative estimate of drug-likeness (QED) is 0.871. The molecule has 1 N–H and O–H groups in total. The van der Waals surface area contributed by atoms with Crippen LogP contribution in [-0.2, 0) is 16.6 Å². The number of aryl methyl sites for hydroxylation is 2. The molecule has 0 aliphatic carbocycles. The maximum atomic E-state index is 12.7. The monoisotopic (exact) mass is 336 g/mol. The van der Waals surface area contributed by atoms with E-state index < -0.39 is 5.97 Å². The Morgan fingerprint density at radius 2 is 2.04 bits per heavy atom. The molecule has 1 unspecified atom stereocenters. The SMILES string of the molecule is CC(=O)N(CC(=O)O)C1CCCN(C(=O)c2cn(C)nc2C)CC1. The molecule has 8 nitrogen and oxygen atoms in total. The number of amides is 2. The highest BCUT2D eigenvalue weighted by Crippen LogP contribution is 2.19. The molecule has 1 atom stereocenters. The largest absolute Gasteiger partial charge is 0.480 e. The third-order valence-electron chi connectivity index (χ3n) is 4.38. The highest BCUT2D eigenvalue weighted by atomic mass is 16.4. The number of carbonyl (C=O) groups excluding carboxylic acids is 2.